The Hall–Kier alpha value is -2.21. The molecular weight excluding hydrogens is 348 g/mol. The van der Waals surface area contributed by atoms with Gasteiger partial charge in [-0.05, 0) is 56.1 Å². The van der Waals surface area contributed by atoms with Crippen LogP contribution in [0.1, 0.15) is 36.4 Å². The number of piperidine rings is 1. The molecule has 1 aromatic heterocycles. The second kappa shape index (κ2) is 7.32. The second-order valence-electron chi connectivity index (χ2n) is 8.15. The average molecular weight is 377 g/mol. The number of aryl methyl sites for hydroxylation is 1. The molecule has 0 amide bonds. The lowest BCUT2D eigenvalue weighted by Crippen LogP contribution is -2.48. The summed E-state index contributed by atoms with van der Waals surface area (Å²) < 4.78 is 2.07. The van der Waals surface area contributed by atoms with E-state index in [2.05, 4.69) is 62.9 Å². The van der Waals surface area contributed by atoms with E-state index in [-0.39, 0.29) is 17.6 Å². The van der Waals surface area contributed by atoms with Crippen molar-refractivity contribution in [1.82, 2.24) is 20.4 Å². The number of fused-ring (bicyclic) bond motifs is 3. The summed E-state index contributed by atoms with van der Waals surface area (Å²) in [6, 6.07) is 17.0. The van der Waals surface area contributed by atoms with Crippen molar-refractivity contribution in [3.63, 3.8) is 0 Å². The SMILES string of the molecule is O[C@@H]1[C@@H](NCCCn2ncc3ccccc32)c2ccccc2C12CCNCC2. The van der Waals surface area contributed by atoms with Gasteiger partial charge in [0.15, 0.2) is 0 Å². The maximum atomic E-state index is 11.3. The molecule has 1 saturated heterocycles. The molecule has 5 heteroatoms. The summed E-state index contributed by atoms with van der Waals surface area (Å²) in [5.41, 5.74) is 3.71. The fraction of sp³-hybridized carbons (Fsp3) is 0.435. The van der Waals surface area contributed by atoms with Gasteiger partial charge in [-0.25, -0.2) is 0 Å². The Kier molecular flexibility index (Phi) is 4.67. The molecule has 3 N–H and O–H groups in total. The largest absolute Gasteiger partial charge is 0.390 e. The predicted molar refractivity (Wildman–Crippen MR) is 111 cm³/mol. The molecule has 1 spiro atoms. The highest BCUT2D eigenvalue weighted by atomic mass is 16.3. The summed E-state index contributed by atoms with van der Waals surface area (Å²) in [5.74, 6) is 0. The third kappa shape index (κ3) is 2.85. The fourth-order valence-corrected chi connectivity index (χ4v) is 5.22. The maximum absolute atomic E-state index is 11.3. The molecule has 5 nitrogen and oxygen atoms in total. The van der Waals surface area contributed by atoms with Crippen molar-refractivity contribution in [2.75, 3.05) is 19.6 Å². The van der Waals surface area contributed by atoms with Crippen molar-refractivity contribution in [3.05, 3.63) is 65.9 Å². The summed E-state index contributed by atoms with van der Waals surface area (Å²) in [5, 5.41) is 24.1. The van der Waals surface area contributed by atoms with Crippen LogP contribution in [0.5, 0.6) is 0 Å². The van der Waals surface area contributed by atoms with Crippen molar-refractivity contribution < 1.29 is 5.11 Å². The summed E-state index contributed by atoms with van der Waals surface area (Å²) in [6.07, 6.45) is 4.55. The van der Waals surface area contributed by atoms with Gasteiger partial charge in [-0.2, -0.15) is 5.10 Å². The first-order valence-corrected chi connectivity index (χ1v) is 10.4. The van der Waals surface area contributed by atoms with Crippen LogP contribution in [0.15, 0.2) is 54.7 Å². The summed E-state index contributed by atoms with van der Waals surface area (Å²) in [4.78, 5) is 0. The van der Waals surface area contributed by atoms with Crippen molar-refractivity contribution in [3.8, 4) is 0 Å². The number of aliphatic hydroxyl groups is 1. The highest BCUT2D eigenvalue weighted by Crippen LogP contribution is 2.49. The molecule has 0 saturated carbocycles. The van der Waals surface area contributed by atoms with Crippen molar-refractivity contribution in [1.29, 1.82) is 0 Å². The van der Waals surface area contributed by atoms with Crippen molar-refractivity contribution >= 4 is 10.9 Å². The van der Waals surface area contributed by atoms with Crippen LogP contribution >= 0.6 is 0 Å². The minimum absolute atomic E-state index is 0.0173. The van der Waals surface area contributed by atoms with Gasteiger partial charge in [0.2, 0.25) is 0 Å². The summed E-state index contributed by atoms with van der Waals surface area (Å²) in [7, 11) is 0. The molecule has 0 radical (unpaired) electrons. The molecule has 2 atom stereocenters. The Morgan fingerprint density at radius 1 is 1.11 bits per heavy atom. The third-order valence-corrected chi connectivity index (χ3v) is 6.67. The highest BCUT2D eigenvalue weighted by molar-refractivity contribution is 5.78. The molecule has 28 heavy (non-hydrogen) atoms. The molecular formula is C23H28N4O. The van der Waals surface area contributed by atoms with Crippen LogP contribution in [0.2, 0.25) is 0 Å². The molecule has 3 aromatic rings. The van der Waals surface area contributed by atoms with Crippen LogP contribution in [-0.4, -0.2) is 40.6 Å². The lowest BCUT2D eigenvalue weighted by Gasteiger charge is -2.39. The number of nitrogens with one attached hydrogen (secondary N) is 2. The number of aliphatic hydroxyl groups excluding tert-OH is 1. The van der Waals surface area contributed by atoms with E-state index in [1.54, 1.807) is 0 Å². The van der Waals surface area contributed by atoms with Crippen LogP contribution in [0.25, 0.3) is 10.9 Å². The van der Waals surface area contributed by atoms with Crippen LogP contribution in [0, 0.1) is 0 Å². The third-order valence-electron chi connectivity index (χ3n) is 6.67. The number of benzene rings is 2. The molecule has 2 heterocycles. The minimum atomic E-state index is -0.363. The van der Waals surface area contributed by atoms with Gasteiger partial charge in [-0.15, -0.1) is 0 Å². The van der Waals surface area contributed by atoms with Crippen LogP contribution in [0.3, 0.4) is 0 Å². The van der Waals surface area contributed by atoms with Gasteiger partial charge in [-0.3, -0.25) is 4.68 Å². The Labute approximate surface area is 165 Å². The molecule has 1 fully saturated rings. The number of aromatic nitrogens is 2. The minimum Gasteiger partial charge on any atom is -0.390 e. The first kappa shape index (κ1) is 17.9. The number of hydrogen-bond acceptors (Lipinski definition) is 4. The zero-order chi connectivity index (χ0) is 19.0. The highest BCUT2D eigenvalue weighted by Gasteiger charge is 2.51. The Balaban J connectivity index is 1.28. The van der Waals surface area contributed by atoms with E-state index < -0.39 is 0 Å². The second-order valence-corrected chi connectivity index (χ2v) is 8.15. The Morgan fingerprint density at radius 3 is 2.79 bits per heavy atom. The number of rotatable bonds is 5. The van der Waals surface area contributed by atoms with Crippen LogP contribution in [0.4, 0.5) is 0 Å². The lowest BCUT2D eigenvalue weighted by atomic mass is 9.72. The number of para-hydroxylation sites is 1. The standard InChI is InChI=1S/C23H28N4O/c28-22-21(18-7-2-3-8-19(18)23(22)10-13-24-14-11-23)25-12-5-15-27-20-9-4-1-6-17(20)16-26-27/h1-4,6-9,16,21-22,24-25,28H,5,10-15H2/t21-,22+/m0/s1. The first-order valence-electron chi connectivity index (χ1n) is 10.4. The Bertz CT molecular complexity index is 960. The van der Waals surface area contributed by atoms with Gasteiger partial charge in [0, 0.05) is 17.3 Å². The maximum Gasteiger partial charge on any atom is 0.0832 e. The molecule has 5 rings (SSSR count). The zero-order valence-electron chi connectivity index (χ0n) is 16.1. The Morgan fingerprint density at radius 2 is 1.89 bits per heavy atom. The van der Waals surface area contributed by atoms with Gasteiger partial charge in [0.1, 0.15) is 0 Å². The van der Waals surface area contributed by atoms with Gasteiger partial charge in [0.05, 0.1) is 23.9 Å². The monoisotopic (exact) mass is 376 g/mol. The van der Waals surface area contributed by atoms with E-state index in [0.717, 1.165) is 45.4 Å². The van der Waals surface area contributed by atoms with Gasteiger partial charge < -0.3 is 15.7 Å². The van der Waals surface area contributed by atoms with E-state index in [1.807, 2.05) is 12.3 Å². The normalized spacial score (nSPS) is 23.3. The van der Waals surface area contributed by atoms with Crippen molar-refractivity contribution in [2.45, 2.75) is 43.4 Å². The van der Waals surface area contributed by atoms with E-state index in [9.17, 15) is 5.11 Å². The molecule has 1 aliphatic carbocycles. The molecule has 1 aliphatic heterocycles. The number of nitrogens with zero attached hydrogens (tertiary/aromatic N) is 2. The quantitative estimate of drug-likeness (QED) is 0.599. The van der Waals surface area contributed by atoms with Crippen LogP contribution < -0.4 is 10.6 Å². The molecule has 2 aromatic carbocycles. The fourth-order valence-electron chi connectivity index (χ4n) is 5.22. The topological polar surface area (TPSA) is 62.1 Å². The first-order chi connectivity index (χ1) is 13.8. The van der Waals surface area contributed by atoms with E-state index in [1.165, 1.54) is 22.0 Å². The summed E-state index contributed by atoms with van der Waals surface area (Å²) in [6.45, 7) is 3.69. The van der Waals surface area contributed by atoms with Gasteiger partial charge in [0.25, 0.3) is 0 Å². The smallest absolute Gasteiger partial charge is 0.0832 e. The molecule has 0 unspecified atom stereocenters. The zero-order valence-corrected chi connectivity index (χ0v) is 16.1. The van der Waals surface area contributed by atoms with Gasteiger partial charge >= 0.3 is 0 Å². The number of hydrogen-bond donors (Lipinski definition) is 3. The van der Waals surface area contributed by atoms with E-state index in [0.29, 0.717) is 0 Å². The predicted octanol–water partition coefficient (Wildman–Crippen LogP) is 2.75. The average Bonchev–Trinajstić information content (AvgIpc) is 3.25. The van der Waals surface area contributed by atoms with Gasteiger partial charge in [-0.1, -0.05) is 42.5 Å². The molecule has 146 valence electrons. The van der Waals surface area contributed by atoms with Crippen LogP contribution in [-0.2, 0) is 12.0 Å². The van der Waals surface area contributed by atoms with E-state index >= 15 is 0 Å². The molecule has 2 aliphatic rings. The lowest BCUT2D eigenvalue weighted by molar-refractivity contribution is 0.0443. The van der Waals surface area contributed by atoms with E-state index in [4.69, 9.17) is 0 Å². The molecule has 0 bridgehead atoms. The van der Waals surface area contributed by atoms with Crippen molar-refractivity contribution in [2.24, 2.45) is 0 Å². The summed E-state index contributed by atoms with van der Waals surface area (Å²) >= 11 is 0.